The summed E-state index contributed by atoms with van der Waals surface area (Å²) in [5.41, 5.74) is 1.89. The molecule has 0 amide bonds. The molecule has 0 aliphatic heterocycles. The quantitative estimate of drug-likeness (QED) is 0.787. The van der Waals surface area contributed by atoms with Crippen molar-refractivity contribution >= 4 is 28.6 Å². The van der Waals surface area contributed by atoms with E-state index in [1.54, 1.807) is 12.4 Å². The molecule has 14 heavy (non-hydrogen) atoms. The van der Waals surface area contributed by atoms with Gasteiger partial charge in [0, 0.05) is 11.3 Å². The van der Waals surface area contributed by atoms with Gasteiger partial charge in [-0.15, -0.1) is 11.6 Å². The van der Waals surface area contributed by atoms with Crippen molar-refractivity contribution in [2.45, 2.75) is 6.42 Å². The molecule has 72 valence electrons. The number of aromatic nitrogens is 3. The summed E-state index contributed by atoms with van der Waals surface area (Å²) >= 11 is 5.56. The van der Waals surface area contributed by atoms with Crippen LogP contribution < -0.4 is 0 Å². The zero-order valence-electron chi connectivity index (χ0n) is 7.57. The highest BCUT2D eigenvalue weighted by Crippen LogP contribution is 2.11. The third kappa shape index (κ3) is 1.93. The van der Waals surface area contributed by atoms with Crippen LogP contribution in [0.3, 0.4) is 0 Å². The second kappa shape index (κ2) is 4.24. The highest BCUT2D eigenvalue weighted by molar-refractivity contribution is 6.17. The van der Waals surface area contributed by atoms with Gasteiger partial charge >= 0.3 is 0 Å². The number of alkyl halides is 1. The first-order valence-corrected chi connectivity index (χ1v) is 4.95. The summed E-state index contributed by atoms with van der Waals surface area (Å²) in [7, 11) is 0. The Balaban J connectivity index is 2.25. The molecular weight excluding hydrogens is 198 g/mol. The van der Waals surface area contributed by atoms with Crippen LogP contribution in [0.1, 0.15) is 12.1 Å². The van der Waals surface area contributed by atoms with Crippen LogP contribution in [0, 0.1) is 0 Å². The topological polar surface area (TPSA) is 41.6 Å². The van der Waals surface area contributed by atoms with Gasteiger partial charge in [0.15, 0.2) is 0 Å². The standard InChI is InChI=1S/C10H10ClN3/c11-4-2-1-3-9-5-8-6-13-14-10(8)7-12-9/h1,3,5-7H,2,4H2,(H,13,14). The molecule has 0 spiro atoms. The minimum atomic E-state index is 0.643. The Morgan fingerprint density at radius 2 is 2.36 bits per heavy atom. The van der Waals surface area contributed by atoms with Crippen LogP contribution in [0.25, 0.3) is 17.0 Å². The van der Waals surface area contributed by atoms with E-state index in [0.29, 0.717) is 5.88 Å². The smallest absolute Gasteiger partial charge is 0.0833 e. The average Bonchev–Trinajstić information content (AvgIpc) is 2.65. The first kappa shape index (κ1) is 9.21. The highest BCUT2D eigenvalue weighted by Gasteiger charge is 1.95. The van der Waals surface area contributed by atoms with Crippen molar-refractivity contribution in [3.8, 4) is 0 Å². The van der Waals surface area contributed by atoms with Crippen LogP contribution in [0.4, 0.5) is 0 Å². The van der Waals surface area contributed by atoms with Gasteiger partial charge in [-0.3, -0.25) is 10.1 Å². The normalized spacial score (nSPS) is 11.5. The Morgan fingerprint density at radius 1 is 1.43 bits per heavy atom. The van der Waals surface area contributed by atoms with Crippen molar-refractivity contribution in [3.63, 3.8) is 0 Å². The predicted octanol–water partition coefficient (Wildman–Crippen LogP) is 2.60. The van der Waals surface area contributed by atoms with E-state index >= 15 is 0 Å². The Labute approximate surface area is 86.8 Å². The molecule has 0 atom stereocenters. The number of hydrogen-bond acceptors (Lipinski definition) is 2. The maximum absolute atomic E-state index is 5.56. The minimum Gasteiger partial charge on any atom is -0.276 e. The average molecular weight is 208 g/mol. The SMILES string of the molecule is ClCCC=Cc1cc2cn[nH]c2cn1. The third-order valence-corrected chi connectivity index (χ3v) is 2.13. The maximum Gasteiger partial charge on any atom is 0.0833 e. The summed E-state index contributed by atoms with van der Waals surface area (Å²) in [6.45, 7) is 0. The van der Waals surface area contributed by atoms with Gasteiger partial charge in [0.2, 0.25) is 0 Å². The van der Waals surface area contributed by atoms with Crippen LogP contribution in [-0.4, -0.2) is 21.1 Å². The van der Waals surface area contributed by atoms with Gasteiger partial charge in [0.25, 0.3) is 0 Å². The number of pyridine rings is 1. The zero-order chi connectivity index (χ0) is 9.80. The van der Waals surface area contributed by atoms with Crippen LogP contribution >= 0.6 is 11.6 Å². The van der Waals surface area contributed by atoms with Crippen molar-refractivity contribution in [1.82, 2.24) is 15.2 Å². The number of allylic oxidation sites excluding steroid dienone is 1. The molecule has 2 aromatic heterocycles. The summed E-state index contributed by atoms with van der Waals surface area (Å²) in [4.78, 5) is 4.25. The Morgan fingerprint density at radius 3 is 3.21 bits per heavy atom. The molecule has 0 aromatic carbocycles. The van der Waals surface area contributed by atoms with Crippen LogP contribution in [0.5, 0.6) is 0 Å². The number of aromatic amines is 1. The lowest BCUT2D eigenvalue weighted by molar-refractivity contribution is 1.11. The summed E-state index contributed by atoms with van der Waals surface area (Å²) in [5.74, 6) is 0.643. The molecule has 2 heterocycles. The van der Waals surface area contributed by atoms with Gasteiger partial charge in [-0.25, -0.2) is 0 Å². The molecule has 0 unspecified atom stereocenters. The Hall–Kier alpha value is -1.35. The van der Waals surface area contributed by atoms with E-state index in [2.05, 4.69) is 15.2 Å². The predicted molar refractivity (Wildman–Crippen MR) is 58.3 cm³/mol. The lowest BCUT2D eigenvalue weighted by Crippen LogP contribution is -1.79. The lowest BCUT2D eigenvalue weighted by Gasteiger charge is -1.92. The lowest BCUT2D eigenvalue weighted by atomic mass is 10.2. The molecule has 0 saturated carbocycles. The van der Waals surface area contributed by atoms with Gasteiger partial charge in [0.05, 0.1) is 23.6 Å². The molecule has 3 nitrogen and oxygen atoms in total. The number of nitrogens with zero attached hydrogens (tertiary/aromatic N) is 2. The number of H-pyrrole nitrogens is 1. The molecule has 0 aliphatic carbocycles. The molecular formula is C10H10ClN3. The van der Waals surface area contributed by atoms with Gasteiger partial charge in [-0.1, -0.05) is 6.08 Å². The Kier molecular flexibility index (Phi) is 2.79. The molecule has 0 saturated heterocycles. The molecule has 0 fully saturated rings. The molecule has 2 rings (SSSR count). The molecule has 0 radical (unpaired) electrons. The van der Waals surface area contributed by atoms with E-state index in [1.807, 2.05) is 18.2 Å². The van der Waals surface area contributed by atoms with E-state index in [4.69, 9.17) is 11.6 Å². The summed E-state index contributed by atoms with van der Waals surface area (Å²) < 4.78 is 0. The van der Waals surface area contributed by atoms with Gasteiger partial charge in [-0.05, 0) is 18.6 Å². The molecule has 0 bridgehead atoms. The number of rotatable bonds is 3. The highest BCUT2D eigenvalue weighted by atomic mass is 35.5. The second-order valence-electron chi connectivity index (χ2n) is 2.95. The van der Waals surface area contributed by atoms with E-state index < -0.39 is 0 Å². The van der Waals surface area contributed by atoms with E-state index in [1.165, 1.54) is 0 Å². The molecule has 4 heteroatoms. The molecule has 0 aliphatic rings. The van der Waals surface area contributed by atoms with E-state index in [0.717, 1.165) is 23.0 Å². The first-order valence-electron chi connectivity index (χ1n) is 4.42. The van der Waals surface area contributed by atoms with Crippen molar-refractivity contribution < 1.29 is 0 Å². The molecule has 1 N–H and O–H groups in total. The fraction of sp³-hybridized carbons (Fsp3) is 0.200. The molecule has 2 aromatic rings. The summed E-state index contributed by atoms with van der Waals surface area (Å²) in [6.07, 6.45) is 8.42. The van der Waals surface area contributed by atoms with Crippen molar-refractivity contribution in [2.75, 3.05) is 5.88 Å². The van der Waals surface area contributed by atoms with Crippen LogP contribution in [0.2, 0.25) is 0 Å². The van der Waals surface area contributed by atoms with Crippen LogP contribution in [0.15, 0.2) is 24.5 Å². The van der Waals surface area contributed by atoms with Crippen molar-refractivity contribution in [1.29, 1.82) is 0 Å². The number of hydrogen-bond donors (Lipinski definition) is 1. The van der Waals surface area contributed by atoms with E-state index in [-0.39, 0.29) is 0 Å². The van der Waals surface area contributed by atoms with E-state index in [9.17, 15) is 0 Å². The fourth-order valence-corrected chi connectivity index (χ4v) is 1.34. The summed E-state index contributed by atoms with van der Waals surface area (Å²) in [6, 6.07) is 1.99. The minimum absolute atomic E-state index is 0.643. The van der Waals surface area contributed by atoms with Gasteiger partial charge in [-0.2, -0.15) is 5.10 Å². The number of halogens is 1. The van der Waals surface area contributed by atoms with Crippen molar-refractivity contribution in [3.05, 3.63) is 30.2 Å². The largest absolute Gasteiger partial charge is 0.276 e. The maximum atomic E-state index is 5.56. The zero-order valence-corrected chi connectivity index (χ0v) is 8.33. The third-order valence-electron chi connectivity index (χ3n) is 1.91. The second-order valence-corrected chi connectivity index (χ2v) is 3.32. The monoisotopic (exact) mass is 207 g/mol. The number of nitrogens with one attached hydrogen (secondary N) is 1. The first-order chi connectivity index (χ1) is 6.90. The fourth-order valence-electron chi connectivity index (χ4n) is 1.22. The number of fused-ring (bicyclic) bond motifs is 1. The van der Waals surface area contributed by atoms with Crippen molar-refractivity contribution in [2.24, 2.45) is 0 Å². The van der Waals surface area contributed by atoms with Crippen LogP contribution in [-0.2, 0) is 0 Å². The van der Waals surface area contributed by atoms with Gasteiger partial charge < -0.3 is 0 Å². The van der Waals surface area contributed by atoms with Gasteiger partial charge in [0.1, 0.15) is 0 Å². The summed E-state index contributed by atoms with van der Waals surface area (Å²) in [5, 5.41) is 7.86. The Bertz CT molecular complexity index is 447.